The fourth-order valence-electron chi connectivity index (χ4n) is 2.13. The third-order valence-corrected chi connectivity index (χ3v) is 4.56. The Bertz CT molecular complexity index is 564. The molecule has 1 atom stereocenters. The van der Waals surface area contributed by atoms with Crippen LogP contribution in [0, 0.1) is 5.92 Å². The minimum Gasteiger partial charge on any atom is -0.294 e. The predicted molar refractivity (Wildman–Crippen MR) is 80.3 cm³/mol. The number of carbonyl (C=O) groups is 1. The molecule has 112 valence electrons. The fraction of sp³-hybridized carbons (Fsp3) is 0.533. The average molecular weight is 297 g/mol. The number of sulfonamides is 1. The van der Waals surface area contributed by atoms with E-state index in [0.717, 1.165) is 6.42 Å². The van der Waals surface area contributed by atoms with Gasteiger partial charge in [-0.3, -0.25) is 4.79 Å². The Labute approximate surface area is 121 Å². The van der Waals surface area contributed by atoms with E-state index in [4.69, 9.17) is 0 Å². The van der Waals surface area contributed by atoms with Gasteiger partial charge in [0.15, 0.2) is 5.78 Å². The molecule has 1 rings (SSSR count). The molecule has 1 aromatic carbocycles. The molecule has 1 aromatic rings. The Kier molecular flexibility index (Phi) is 5.89. The monoisotopic (exact) mass is 297 g/mol. The van der Waals surface area contributed by atoms with Crippen LogP contribution < -0.4 is 4.72 Å². The summed E-state index contributed by atoms with van der Waals surface area (Å²) >= 11 is 0. The Balaban J connectivity index is 2.95. The van der Waals surface area contributed by atoms with Gasteiger partial charge < -0.3 is 0 Å². The lowest BCUT2D eigenvalue weighted by Crippen LogP contribution is -2.33. The molecule has 0 bridgehead atoms. The van der Waals surface area contributed by atoms with Crippen molar-refractivity contribution < 1.29 is 13.2 Å². The second-order valence-electron chi connectivity index (χ2n) is 5.46. The van der Waals surface area contributed by atoms with Crippen LogP contribution in [0.3, 0.4) is 0 Å². The molecule has 0 fully saturated rings. The first-order valence-corrected chi connectivity index (χ1v) is 8.40. The first-order chi connectivity index (χ1) is 9.26. The zero-order chi connectivity index (χ0) is 15.3. The normalized spacial score (nSPS) is 13.4. The number of hydrogen-bond donors (Lipinski definition) is 1. The van der Waals surface area contributed by atoms with Crippen molar-refractivity contribution in [1.82, 2.24) is 4.72 Å². The molecule has 0 amide bonds. The van der Waals surface area contributed by atoms with Crippen molar-refractivity contribution in [3.63, 3.8) is 0 Å². The molecule has 0 aromatic heterocycles. The van der Waals surface area contributed by atoms with Crippen molar-refractivity contribution in [3.05, 3.63) is 29.8 Å². The SMILES string of the molecule is CCC(=O)c1cccc(S(=O)(=O)NC(C)CC(C)C)c1. The summed E-state index contributed by atoms with van der Waals surface area (Å²) in [6, 6.07) is 6.06. The number of rotatable bonds is 7. The molecular weight excluding hydrogens is 274 g/mol. The number of ketones is 1. The second-order valence-corrected chi connectivity index (χ2v) is 7.17. The molecule has 1 unspecified atom stereocenters. The molecule has 0 heterocycles. The van der Waals surface area contributed by atoms with Crippen LogP contribution >= 0.6 is 0 Å². The summed E-state index contributed by atoms with van der Waals surface area (Å²) < 4.78 is 27.2. The lowest BCUT2D eigenvalue weighted by atomic mass is 10.1. The van der Waals surface area contributed by atoms with Gasteiger partial charge in [0.25, 0.3) is 0 Å². The van der Waals surface area contributed by atoms with Crippen molar-refractivity contribution in [3.8, 4) is 0 Å². The highest BCUT2D eigenvalue weighted by molar-refractivity contribution is 7.89. The Morgan fingerprint density at radius 1 is 1.25 bits per heavy atom. The van der Waals surface area contributed by atoms with Gasteiger partial charge in [0, 0.05) is 18.0 Å². The maximum absolute atomic E-state index is 12.3. The van der Waals surface area contributed by atoms with Gasteiger partial charge in [0.1, 0.15) is 0 Å². The summed E-state index contributed by atoms with van der Waals surface area (Å²) in [4.78, 5) is 11.8. The maximum Gasteiger partial charge on any atom is 0.240 e. The van der Waals surface area contributed by atoms with Gasteiger partial charge >= 0.3 is 0 Å². The van der Waals surface area contributed by atoms with E-state index in [1.54, 1.807) is 19.1 Å². The first kappa shape index (κ1) is 16.9. The Morgan fingerprint density at radius 2 is 1.90 bits per heavy atom. The molecule has 0 radical (unpaired) electrons. The summed E-state index contributed by atoms with van der Waals surface area (Å²) in [5, 5.41) is 0. The molecule has 1 N–H and O–H groups in total. The van der Waals surface area contributed by atoms with Crippen molar-refractivity contribution in [2.24, 2.45) is 5.92 Å². The fourth-order valence-corrected chi connectivity index (χ4v) is 3.43. The number of carbonyl (C=O) groups excluding carboxylic acids is 1. The number of nitrogens with one attached hydrogen (secondary N) is 1. The van der Waals surface area contributed by atoms with E-state index in [9.17, 15) is 13.2 Å². The summed E-state index contributed by atoms with van der Waals surface area (Å²) in [5.74, 6) is 0.359. The number of Topliss-reactive ketones (excluding diaryl/α,β-unsaturated/α-hetero) is 1. The Hall–Kier alpha value is -1.20. The minimum atomic E-state index is -3.57. The zero-order valence-electron chi connectivity index (χ0n) is 12.5. The van der Waals surface area contributed by atoms with E-state index in [1.807, 2.05) is 20.8 Å². The highest BCUT2D eigenvalue weighted by Crippen LogP contribution is 2.15. The third-order valence-electron chi connectivity index (χ3n) is 2.97. The number of benzene rings is 1. The third kappa shape index (κ3) is 4.72. The molecule has 5 heteroatoms. The highest BCUT2D eigenvalue weighted by Gasteiger charge is 2.19. The van der Waals surface area contributed by atoms with E-state index in [-0.39, 0.29) is 16.7 Å². The molecule has 4 nitrogen and oxygen atoms in total. The molecule has 0 saturated heterocycles. The maximum atomic E-state index is 12.3. The lowest BCUT2D eigenvalue weighted by Gasteiger charge is -2.16. The number of hydrogen-bond acceptors (Lipinski definition) is 3. The van der Waals surface area contributed by atoms with Crippen LogP contribution in [0.2, 0.25) is 0 Å². The first-order valence-electron chi connectivity index (χ1n) is 6.91. The van der Waals surface area contributed by atoms with Gasteiger partial charge in [-0.05, 0) is 31.4 Å². The van der Waals surface area contributed by atoms with E-state index >= 15 is 0 Å². The van der Waals surface area contributed by atoms with Gasteiger partial charge in [-0.2, -0.15) is 0 Å². The molecule has 0 aliphatic rings. The van der Waals surface area contributed by atoms with Gasteiger partial charge in [0.05, 0.1) is 4.90 Å². The van der Waals surface area contributed by atoms with E-state index in [2.05, 4.69) is 4.72 Å². The summed E-state index contributed by atoms with van der Waals surface area (Å²) in [7, 11) is -3.57. The highest BCUT2D eigenvalue weighted by atomic mass is 32.2. The molecule has 0 saturated carbocycles. The van der Waals surface area contributed by atoms with E-state index in [1.165, 1.54) is 12.1 Å². The van der Waals surface area contributed by atoms with Crippen LogP contribution in [0.4, 0.5) is 0 Å². The van der Waals surface area contributed by atoms with Crippen LogP contribution in [-0.4, -0.2) is 20.2 Å². The second kappa shape index (κ2) is 6.99. The standard InChI is InChI=1S/C15H23NO3S/c1-5-15(17)13-7-6-8-14(10-13)20(18,19)16-12(4)9-11(2)3/h6-8,10-12,16H,5,9H2,1-4H3. The summed E-state index contributed by atoms with van der Waals surface area (Å²) in [6.45, 7) is 7.70. The van der Waals surface area contributed by atoms with Crippen molar-refractivity contribution in [2.45, 2.75) is 51.5 Å². The predicted octanol–water partition coefficient (Wildman–Crippen LogP) is 2.99. The Morgan fingerprint density at radius 3 is 2.45 bits per heavy atom. The molecule has 0 aliphatic heterocycles. The van der Waals surface area contributed by atoms with Gasteiger partial charge in [-0.1, -0.05) is 32.9 Å². The van der Waals surface area contributed by atoms with E-state index < -0.39 is 10.0 Å². The van der Waals surface area contributed by atoms with Crippen LogP contribution in [0.25, 0.3) is 0 Å². The quantitative estimate of drug-likeness (QED) is 0.787. The molecule has 0 aliphatic carbocycles. The van der Waals surface area contributed by atoms with Gasteiger partial charge in [-0.15, -0.1) is 0 Å². The molecular formula is C15H23NO3S. The van der Waals surface area contributed by atoms with Crippen LogP contribution in [0.1, 0.15) is 50.9 Å². The largest absolute Gasteiger partial charge is 0.294 e. The van der Waals surface area contributed by atoms with Crippen molar-refractivity contribution >= 4 is 15.8 Å². The smallest absolute Gasteiger partial charge is 0.240 e. The van der Waals surface area contributed by atoms with Gasteiger partial charge in [-0.25, -0.2) is 13.1 Å². The summed E-state index contributed by atoms with van der Waals surface area (Å²) in [5.41, 5.74) is 0.437. The summed E-state index contributed by atoms with van der Waals surface area (Å²) in [6.07, 6.45) is 1.13. The minimum absolute atomic E-state index is 0.0581. The van der Waals surface area contributed by atoms with Crippen LogP contribution in [0.15, 0.2) is 29.2 Å². The topological polar surface area (TPSA) is 63.2 Å². The van der Waals surface area contributed by atoms with Crippen molar-refractivity contribution in [1.29, 1.82) is 0 Å². The van der Waals surface area contributed by atoms with Gasteiger partial charge in [0.2, 0.25) is 10.0 Å². The van der Waals surface area contributed by atoms with Crippen molar-refractivity contribution in [2.75, 3.05) is 0 Å². The zero-order valence-corrected chi connectivity index (χ0v) is 13.3. The molecule has 0 spiro atoms. The average Bonchev–Trinajstić information content (AvgIpc) is 2.36. The van der Waals surface area contributed by atoms with Crippen LogP contribution in [-0.2, 0) is 10.0 Å². The lowest BCUT2D eigenvalue weighted by molar-refractivity contribution is 0.0988. The molecule has 20 heavy (non-hydrogen) atoms. The van der Waals surface area contributed by atoms with Crippen LogP contribution in [0.5, 0.6) is 0 Å². The van der Waals surface area contributed by atoms with E-state index in [0.29, 0.717) is 17.9 Å².